The predicted molar refractivity (Wildman–Crippen MR) is 97.0 cm³/mol. The molecule has 1 amide bonds. The summed E-state index contributed by atoms with van der Waals surface area (Å²) in [6, 6.07) is 7.07. The fourth-order valence-corrected chi connectivity index (χ4v) is 3.40. The van der Waals surface area contributed by atoms with Gasteiger partial charge in [-0.2, -0.15) is 0 Å². The number of hydrogen-bond donors (Lipinski definition) is 2. The third kappa shape index (κ3) is 2.92. The summed E-state index contributed by atoms with van der Waals surface area (Å²) < 4.78 is 47.2. The molecule has 1 aliphatic rings. The quantitative estimate of drug-likeness (QED) is 0.717. The van der Waals surface area contributed by atoms with Gasteiger partial charge in [-0.05, 0) is 24.3 Å². The monoisotopic (exact) mass is 390 g/mol. The van der Waals surface area contributed by atoms with Gasteiger partial charge in [-0.3, -0.25) is 9.20 Å². The normalized spacial score (nSPS) is 16.0. The number of rotatable bonds is 4. The van der Waals surface area contributed by atoms with Crippen LogP contribution in [0.5, 0.6) is 5.75 Å². The summed E-state index contributed by atoms with van der Waals surface area (Å²) in [6.07, 6.45) is 0.760. The third-order valence-electron chi connectivity index (χ3n) is 4.79. The van der Waals surface area contributed by atoms with E-state index in [9.17, 15) is 18.0 Å². The second-order valence-electron chi connectivity index (χ2n) is 6.71. The maximum Gasteiger partial charge on any atom is 0.273 e. The number of fused-ring (bicyclic) bond motifs is 1. The summed E-state index contributed by atoms with van der Waals surface area (Å²) in [4.78, 5) is 16.7. The van der Waals surface area contributed by atoms with E-state index in [-0.39, 0.29) is 22.7 Å². The molecule has 1 fully saturated rings. The lowest BCUT2D eigenvalue weighted by molar-refractivity contribution is -0.0901. The van der Waals surface area contributed by atoms with Crippen LogP contribution in [-0.2, 0) is 0 Å². The van der Waals surface area contributed by atoms with E-state index in [1.165, 1.54) is 23.6 Å². The van der Waals surface area contributed by atoms with E-state index in [0.717, 1.165) is 0 Å². The highest BCUT2D eigenvalue weighted by atomic mass is 19.3. The van der Waals surface area contributed by atoms with Crippen LogP contribution in [-0.4, -0.2) is 34.4 Å². The first-order chi connectivity index (χ1) is 13.3. The molecule has 0 atom stereocenters. The summed E-state index contributed by atoms with van der Waals surface area (Å²) in [7, 11) is 1.42. The molecule has 6 nitrogen and oxygen atoms in total. The smallest absolute Gasteiger partial charge is 0.273 e. The number of nitrogens with one attached hydrogen (secondary N) is 1. The molecule has 4 rings (SSSR count). The minimum atomic E-state index is -2.75. The average Bonchev–Trinajstić information content (AvgIpc) is 2.97. The number of imidazole rings is 1. The summed E-state index contributed by atoms with van der Waals surface area (Å²) >= 11 is 0. The van der Waals surface area contributed by atoms with Crippen LogP contribution in [0.3, 0.4) is 0 Å². The van der Waals surface area contributed by atoms with Gasteiger partial charge in [0, 0.05) is 30.6 Å². The number of amides is 1. The number of aromatic nitrogens is 2. The standard InChI is InChI=1S/C19H17F3N4O2/c1-28-13-6-2-5-12(20)14(13)11-4-3-7-26-16(23)15(25-17(11)26)18(27)24-10-8-19(21,22)9-10/h2-7,10H,8-9,23H2,1H3,(H,24,27). The molecule has 1 saturated carbocycles. The van der Waals surface area contributed by atoms with Gasteiger partial charge >= 0.3 is 0 Å². The van der Waals surface area contributed by atoms with Gasteiger partial charge in [-0.15, -0.1) is 0 Å². The molecule has 3 N–H and O–H groups in total. The summed E-state index contributed by atoms with van der Waals surface area (Å²) in [5.41, 5.74) is 6.78. The Morgan fingerprint density at radius 1 is 1.32 bits per heavy atom. The number of nitrogen functional groups attached to an aromatic ring is 1. The number of carbonyl (C=O) groups excluding carboxylic acids is 1. The molecule has 0 saturated heterocycles. The van der Waals surface area contributed by atoms with Crippen LogP contribution in [0, 0.1) is 5.82 Å². The second kappa shape index (κ2) is 6.43. The van der Waals surface area contributed by atoms with Gasteiger partial charge in [0.2, 0.25) is 0 Å². The van der Waals surface area contributed by atoms with Crippen molar-refractivity contribution in [3.05, 3.63) is 48.0 Å². The van der Waals surface area contributed by atoms with Crippen LogP contribution in [0.1, 0.15) is 23.3 Å². The SMILES string of the molecule is COc1cccc(F)c1-c1cccn2c(N)c(C(=O)NC3CC(F)(F)C3)nc12. The molecule has 0 aliphatic heterocycles. The summed E-state index contributed by atoms with van der Waals surface area (Å²) in [6.45, 7) is 0. The van der Waals surface area contributed by atoms with Crippen LogP contribution in [0.4, 0.5) is 19.0 Å². The van der Waals surface area contributed by atoms with Crippen molar-refractivity contribution in [3.63, 3.8) is 0 Å². The molecule has 2 heterocycles. The third-order valence-corrected chi connectivity index (χ3v) is 4.79. The van der Waals surface area contributed by atoms with Crippen molar-refractivity contribution in [2.75, 3.05) is 12.8 Å². The first kappa shape index (κ1) is 18.1. The van der Waals surface area contributed by atoms with Crippen LogP contribution in [0.15, 0.2) is 36.5 Å². The van der Waals surface area contributed by atoms with Gasteiger partial charge in [0.1, 0.15) is 23.0 Å². The Hall–Kier alpha value is -3.23. The van der Waals surface area contributed by atoms with E-state index < -0.39 is 36.5 Å². The minimum Gasteiger partial charge on any atom is -0.496 e. The number of nitrogens with two attached hydrogens (primary N) is 1. The van der Waals surface area contributed by atoms with Crippen molar-refractivity contribution in [3.8, 4) is 16.9 Å². The van der Waals surface area contributed by atoms with Crippen LogP contribution >= 0.6 is 0 Å². The molecule has 146 valence electrons. The van der Waals surface area contributed by atoms with E-state index in [1.54, 1.807) is 24.4 Å². The highest BCUT2D eigenvalue weighted by Gasteiger charge is 2.46. The average molecular weight is 390 g/mol. The van der Waals surface area contributed by atoms with E-state index in [2.05, 4.69) is 10.3 Å². The van der Waals surface area contributed by atoms with Crippen LogP contribution < -0.4 is 15.8 Å². The lowest BCUT2D eigenvalue weighted by Gasteiger charge is -2.35. The van der Waals surface area contributed by atoms with E-state index >= 15 is 0 Å². The molecule has 0 bridgehead atoms. The Balaban J connectivity index is 1.76. The number of carbonyl (C=O) groups is 1. The molecule has 0 unspecified atom stereocenters. The highest BCUT2D eigenvalue weighted by Crippen LogP contribution is 2.38. The zero-order valence-corrected chi connectivity index (χ0v) is 14.9. The van der Waals surface area contributed by atoms with Crippen molar-refractivity contribution in [1.29, 1.82) is 0 Å². The number of hydrogen-bond acceptors (Lipinski definition) is 4. The van der Waals surface area contributed by atoms with E-state index in [4.69, 9.17) is 10.5 Å². The largest absolute Gasteiger partial charge is 0.496 e. The molecule has 2 aromatic heterocycles. The van der Waals surface area contributed by atoms with Gasteiger partial charge in [-0.25, -0.2) is 18.2 Å². The summed E-state index contributed by atoms with van der Waals surface area (Å²) in [5, 5.41) is 2.51. The van der Waals surface area contributed by atoms with Gasteiger partial charge in [0.05, 0.1) is 12.7 Å². The van der Waals surface area contributed by atoms with Crippen molar-refractivity contribution >= 4 is 17.4 Å². The van der Waals surface area contributed by atoms with Crippen molar-refractivity contribution in [2.24, 2.45) is 0 Å². The molecule has 0 radical (unpaired) electrons. The number of ether oxygens (including phenoxy) is 1. The maximum atomic E-state index is 14.5. The molecule has 1 aromatic carbocycles. The Labute approximate surface area is 158 Å². The van der Waals surface area contributed by atoms with Gasteiger partial charge in [-0.1, -0.05) is 6.07 Å². The molecular formula is C19H17F3N4O2. The summed E-state index contributed by atoms with van der Waals surface area (Å²) in [5.74, 6) is -3.57. The van der Waals surface area contributed by atoms with Gasteiger partial charge in [0.25, 0.3) is 11.8 Å². The molecule has 9 heteroatoms. The first-order valence-corrected chi connectivity index (χ1v) is 8.59. The Kier molecular flexibility index (Phi) is 4.17. The lowest BCUT2D eigenvalue weighted by Crippen LogP contribution is -2.50. The highest BCUT2D eigenvalue weighted by molar-refractivity contribution is 5.99. The Morgan fingerprint density at radius 3 is 2.75 bits per heavy atom. The van der Waals surface area contributed by atoms with Crippen LogP contribution in [0.25, 0.3) is 16.8 Å². The number of benzene rings is 1. The van der Waals surface area contributed by atoms with Crippen molar-refractivity contribution in [1.82, 2.24) is 14.7 Å². The number of anilines is 1. The van der Waals surface area contributed by atoms with Crippen LogP contribution in [0.2, 0.25) is 0 Å². The second-order valence-corrected chi connectivity index (χ2v) is 6.71. The molecule has 1 aliphatic carbocycles. The zero-order chi connectivity index (χ0) is 20.1. The van der Waals surface area contributed by atoms with E-state index in [0.29, 0.717) is 11.3 Å². The molecule has 0 spiro atoms. The van der Waals surface area contributed by atoms with Crippen molar-refractivity contribution < 1.29 is 22.7 Å². The van der Waals surface area contributed by atoms with E-state index in [1.807, 2.05) is 0 Å². The Morgan fingerprint density at radius 2 is 2.07 bits per heavy atom. The van der Waals surface area contributed by atoms with Gasteiger partial charge < -0.3 is 15.8 Å². The molecular weight excluding hydrogens is 373 g/mol. The van der Waals surface area contributed by atoms with Crippen molar-refractivity contribution in [2.45, 2.75) is 24.8 Å². The first-order valence-electron chi connectivity index (χ1n) is 8.59. The number of nitrogens with zero attached hydrogens (tertiary/aromatic N) is 2. The lowest BCUT2D eigenvalue weighted by atomic mass is 9.88. The molecule has 28 heavy (non-hydrogen) atoms. The minimum absolute atomic E-state index is 0.0377. The zero-order valence-electron chi connectivity index (χ0n) is 14.9. The predicted octanol–water partition coefficient (Wildman–Crippen LogP) is 3.26. The number of halogens is 3. The van der Waals surface area contributed by atoms with Gasteiger partial charge in [0.15, 0.2) is 5.69 Å². The number of methoxy groups -OCH3 is 1. The Bertz CT molecular complexity index is 1070. The fourth-order valence-electron chi connectivity index (χ4n) is 3.40. The number of pyridine rings is 1. The maximum absolute atomic E-state index is 14.5. The topological polar surface area (TPSA) is 81.6 Å². The fraction of sp³-hybridized carbons (Fsp3) is 0.263. The molecule has 3 aromatic rings. The number of alkyl halides is 2.